The van der Waals surface area contributed by atoms with Crippen molar-refractivity contribution in [2.24, 2.45) is 0 Å². The van der Waals surface area contributed by atoms with Crippen LogP contribution in [-0.2, 0) is 12.7 Å². The summed E-state index contributed by atoms with van der Waals surface area (Å²) in [6.45, 7) is 0.472. The highest BCUT2D eigenvalue weighted by Gasteiger charge is 2.32. The van der Waals surface area contributed by atoms with E-state index in [9.17, 15) is 13.2 Å². The van der Waals surface area contributed by atoms with E-state index < -0.39 is 11.7 Å². The Kier molecular flexibility index (Phi) is 5.02. The van der Waals surface area contributed by atoms with Crippen LogP contribution in [0.5, 0.6) is 0 Å². The van der Waals surface area contributed by atoms with Gasteiger partial charge in [-0.2, -0.15) is 13.2 Å². The van der Waals surface area contributed by atoms with Crippen LogP contribution < -0.4 is 5.32 Å². The lowest BCUT2D eigenvalue weighted by Gasteiger charge is -2.12. The van der Waals surface area contributed by atoms with Gasteiger partial charge in [0.1, 0.15) is 0 Å². The Bertz CT molecular complexity index is 636. The van der Waals surface area contributed by atoms with Gasteiger partial charge in [-0.1, -0.05) is 48.2 Å². The molecule has 2 aromatic carbocycles. The highest BCUT2D eigenvalue weighted by atomic mass is 19.4. The van der Waals surface area contributed by atoms with Crippen molar-refractivity contribution in [2.45, 2.75) is 12.7 Å². The van der Waals surface area contributed by atoms with E-state index in [-0.39, 0.29) is 12.1 Å². The summed E-state index contributed by atoms with van der Waals surface area (Å²) in [6.07, 6.45) is -4.33. The molecule has 0 saturated heterocycles. The maximum atomic E-state index is 12.8. The van der Waals surface area contributed by atoms with E-state index in [1.54, 1.807) is 6.07 Å². The van der Waals surface area contributed by atoms with Gasteiger partial charge in [0.2, 0.25) is 0 Å². The van der Waals surface area contributed by atoms with E-state index in [4.69, 9.17) is 0 Å². The first kappa shape index (κ1) is 15.1. The van der Waals surface area contributed by atoms with E-state index in [2.05, 4.69) is 17.2 Å². The van der Waals surface area contributed by atoms with E-state index in [1.807, 2.05) is 30.3 Å². The summed E-state index contributed by atoms with van der Waals surface area (Å²) in [5.74, 6) is 5.83. The Morgan fingerprint density at radius 3 is 2.29 bits per heavy atom. The Balaban J connectivity index is 1.92. The molecule has 0 saturated carbocycles. The normalized spacial score (nSPS) is 10.8. The molecule has 2 rings (SSSR count). The highest BCUT2D eigenvalue weighted by Crippen LogP contribution is 2.31. The Hall–Kier alpha value is -2.25. The zero-order chi connectivity index (χ0) is 15.1. The van der Waals surface area contributed by atoms with Crippen LogP contribution in [0.25, 0.3) is 0 Å². The molecule has 0 radical (unpaired) electrons. The van der Waals surface area contributed by atoms with Crippen molar-refractivity contribution < 1.29 is 13.2 Å². The molecular weight excluding hydrogens is 275 g/mol. The molecule has 0 aliphatic rings. The first-order chi connectivity index (χ1) is 10.1. The van der Waals surface area contributed by atoms with Crippen LogP contribution in [-0.4, -0.2) is 6.54 Å². The van der Waals surface area contributed by atoms with Gasteiger partial charge in [0, 0.05) is 12.1 Å². The summed E-state index contributed by atoms with van der Waals surface area (Å²) in [5, 5.41) is 2.91. The van der Waals surface area contributed by atoms with Crippen LogP contribution in [0, 0.1) is 11.8 Å². The number of hydrogen-bond donors (Lipinski definition) is 1. The Morgan fingerprint density at radius 2 is 1.57 bits per heavy atom. The molecule has 0 spiro atoms. The van der Waals surface area contributed by atoms with Crippen molar-refractivity contribution in [3.05, 3.63) is 71.3 Å². The predicted molar refractivity (Wildman–Crippen MR) is 76.5 cm³/mol. The van der Waals surface area contributed by atoms with Gasteiger partial charge in [-0.25, -0.2) is 0 Å². The topological polar surface area (TPSA) is 12.0 Å². The van der Waals surface area contributed by atoms with Crippen LogP contribution >= 0.6 is 0 Å². The third-order valence-corrected chi connectivity index (χ3v) is 2.86. The second kappa shape index (κ2) is 6.96. The second-order valence-electron chi connectivity index (χ2n) is 4.43. The molecule has 0 atom stereocenters. The lowest BCUT2D eigenvalue weighted by Crippen LogP contribution is -2.17. The van der Waals surface area contributed by atoms with E-state index in [0.717, 1.165) is 11.6 Å². The quantitative estimate of drug-likeness (QED) is 0.668. The molecule has 0 aliphatic carbocycles. The minimum Gasteiger partial charge on any atom is -0.302 e. The fourth-order valence-corrected chi connectivity index (χ4v) is 1.88. The average molecular weight is 289 g/mol. The molecule has 0 heterocycles. The molecular formula is C17H14F3N. The third kappa shape index (κ3) is 4.66. The number of alkyl halides is 3. The van der Waals surface area contributed by atoms with Gasteiger partial charge >= 0.3 is 6.18 Å². The molecule has 108 valence electrons. The Morgan fingerprint density at radius 1 is 0.905 bits per heavy atom. The average Bonchev–Trinajstić information content (AvgIpc) is 2.47. The lowest BCUT2D eigenvalue weighted by atomic mass is 10.1. The predicted octanol–water partition coefficient (Wildman–Crippen LogP) is 3.85. The van der Waals surface area contributed by atoms with Crippen LogP contribution in [0.4, 0.5) is 13.2 Å². The van der Waals surface area contributed by atoms with Crippen molar-refractivity contribution in [3.63, 3.8) is 0 Å². The summed E-state index contributed by atoms with van der Waals surface area (Å²) >= 11 is 0. The van der Waals surface area contributed by atoms with E-state index in [1.165, 1.54) is 12.1 Å². The molecule has 0 aromatic heterocycles. The molecule has 4 heteroatoms. The number of benzene rings is 2. The molecule has 1 nitrogen and oxygen atoms in total. The van der Waals surface area contributed by atoms with Crippen molar-refractivity contribution >= 4 is 0 Å². The van der Waals surface area contributed by atoms with Gasteiger partial charge in [0.15, 0.2) is 0 Å². The van der Waals surface area contributed by atoms with Gasteiger partial charge in [-0.3, -0.25) is 0 Å². The molecule has 0 amide bonds. The lowest BCUT2D eigenvalue weighted by molar-refractivity contribution is -0.138. The first-order valence-corrected chi connectivity index (χ1v) is 6.47. The van der Waals surface area contributed by atoms with Gasteiger partial charge in [0.25, 0.3) is 0 Å². The van der Waals surface area contributed by atoms with Crippen LogP contribution in [0.2, 0.25) is 0 Å². The fraction of sp³-hybridized carbons (Fsp3) is 0.176. The van der Waals surface area contributed by atoms with Crippen LogP contribution in [0.1, 0.15) is 16.7 Å². The van der Waals surface area contributed by atoms with Crippen molar-refractivity contribution in [2.75, 3.05) is 6.54 Å². The maximum absolute atomic E-state index is 12.8. The summed E-state index contributed by atoms with van der Waals surface area (Å²) < 4.78 is 38.4. The molecule has 21 heavy (non-hydrogen) atoms. The van der Waals surface area contributed by atoms with Gasteiger partial charge < -0.3 is 5.32 Å². The van der Waals surface area contributed by atoms with Crippen molar-refractivity contribution in [1.29, 1.82) is 0 Å². The standard InChI is InChI=1S/C17H14F3N/c18-17(19,20)16-11-5-4-10-15(16)13-21-12-6-9-14-7-2-1-3-8-14/h1-5,7-8,10-11,21H,12-13H2. The summed E-state index contributed by atoms with van der Waals surface area (Å²) in [5.41, 5.74) is 0.509. The summed E-state index contributed by atoms with van der Waals surface area (Å²) in [6, 6.07) is 15.0. The minimum atomic E-state index is -4.33. The SMILES string of the molecule is FC(F)(F)c1ccccc1CNCC#Cc1ccccc1. The Labute approximate surface area is 121 Å². The maximum Gasteiger partial charge on any atom is 0.416 e. The largest absolute Gasteiger partial charge is 0.416 e. The molecule has 2 aromatic rings. The first-order valence-electron chi connectivity index (χ1n) is 6.47. The zero-order valence-electron chi connectivity index (χ0n) is 11.2. The molecule has 0 bridgehead atoms. The number of hydrogen-bond acceptors (Lipinski definition) is 1. The summed E-state index contributed by atoms with van der Waals surface area (Å²) in [4.78, 5) is 0. The fourth-order valence-electron chi connectivity index (χ4n) is 1.88. The van der Waals surface area contributed by atoms with Gasteiger partial charge in [-0.05, 0) is 23.8 Å². The van der Waals surface area contributed by atoms with Crippen molar-refractivity contribution in [3.8, 4) is 11.8 Å². The van der Waals surface area contributed by atoms with Crippen molar-refractivity contribution in [1.82, 2.24) is 5.32 Å². The zero-order valence-corrected chi connectivity index (χ0v) is 11.2. The highest BCUT2D eigenvalue weighted by molar-refractivity contribution is 5.34. The summed E-state index contributed by atoms with van der Waals surface area (Å²) in [7, 11) is 0. The minimum absolute atomic E-state index is 0.138. The molecule has 0 aliphatic heterocycles. The molecule has 0 fully saturated rings. The number of rotatable bonds is 3. The smallest absolute Gasteiger partial charge is 0.302 e. The van der Waals surface area contributed by atoms with E-state index in [0.29, 0.717) is 6.54 Å². The molecule has 1 N–H and O–H groups in total. The van der Waals surface area contributed by atoms with Crippen LogP contribution in [0.15, 0.2) is 54.6 Å². The van der Waals surface area contributed by atoms with Gasteiger partial charge in [-0.15, -0.1) is 0 Å². The second-order valence-corrected chi connectivity index (χ2v) is 4.43. The van der Waals surface area contributed by atoms with Crippen LogP contribution in [0.3, 0.4) is 0 Å². The van der Waals surface area contributed by atoms with Gasteiger partial charge in [0.05, 0.1) is 12.1 Å². The van der Waals surface area contributed by atoms with E-state index >= 15 is 0 Å². The monoisotopic (exact) mass is 289 g/mol. The molecule has 0 unspecified atom stereocenters. The number of halogens is 3. The third-order valence-electron chi connectivity index (χ3n) is 2.86. The number of nitrogens with one attached hydrogen (secondary N) is 1.